The van der Waals surface area contributed by atoms with Crippen LogP contribution in [0.1, 0.15) is 12.5 Å². The topological polar surface area (TPSA) is 47.7 Å². The molecule has 108 valence electrons. The maximum atomic E-state index is 4.40. The van der Waals surface area contributed by atoms with Crippen molar-refractivity contribution in [2.75, 3.05) is 0 Å². The monoisotopic (exact) mass is 281 g/mol. The summed E-state index contributed by atoms with van der Waals surface area (Å²) in [4.78, 5) is 0. The molecule has 21 heavy (non-hydrogen) atoms. The molecule has 0 aliphatic carbocycles. The van der Waals surface area contributed by atoms with Gasteiger partial charge in [-0.3, -0.25) is 4.68 Å². The Hall–Kier alpha value is -2.40. The van der Waals surface area contributed by atoms with E-state index in [0.717, 1.165) is 18.8 Å². The molecule has 0 fully saturated rings. The van der Waals surface area contributed by atoms with E-state index in [4.69, 9.17) is 0 Å². The van der Waals surface area contributed by atoms with Crippen molar-refractivity contribution in [1.29, 1.82) is 0 Å². The van der Waals surface area contributed by atoms with Crippen molar-refractivity contribution < 1.29 is 0 Å². The Labute approximate surface area is 124 Å². The van der Waals surface area contributed by atoms with Crippen LogP contribution in [0.2, 0.25) is 0 Å². The summed E-state index contributed by atoms with van der Waals surface area (Å²) in [6.45, 7) is 3.82. The Morgan fingerprint density at radius 2 is 2.00 bits per heavy atom. The van der Waals surface area contributed by atoms with Gasteiger partial charge in [0.15, 0.2) is 0 Å². The zero-order chi connectivity index (χ0) is 14.5. The van der Waals surface area contributed by atoms with Crippen LogP contribution in [0.5, 0.6) is 0 Å². The van der Waals surface area contributed by atoms with Crippen molar-refractivity contribution in [3.8, 4) is 5.69 Å². The first-order valence-corrected chi connectivity index (χ1v) is 7.11. The van der Waals surface area contributed by atoms with Crippen molar-refractivity contribution >= 4 is 0 Å². The highest BCUT2D eigenvalue weighted by molar-refractivity contribution is 5.30. The van der Waals surface area contributed by atoms with Gasteiger partial charge >= 0.3 is 0 Å². The molecule has 5 heteroatoms. The molecule has 0 saturated heterocycles. The minimum Gasteiger partial charge on any atom is -0.308 e. The van der Waals surface area contributed by atoms with Crippen molar-refractivity contribution in [2.24, 2.45) is 0 Å². The van der Waals surface area contributed by atoms with E-state index in [-0.39, 0.29) is 0 Å². The van der Waals surface area contributed by atoms with Crippen LogP contribution in [0.4, 0.5) is 0 Å². The van der Waals surface area contributed by atoms with E-state index in [9.17, 15) is 0 Å². The van der Waals surface area contributed by atoms with Crippen molar-refractivity contribution in [3.63, 3.8) is 0 Å². The van der Waals surface area contributed by atoms with E-state index in [1.165, 1.54) is 5.56 Å². The zero-order valence-electron chi connectivity index (χ0n) is 12.1. The number of aromatic nitrogens is 4. The van der Waals surface area contributed by atoms with Gasteiger partial charge in [0, 0.05) is 36.7 Å². The van der Waals surface area contributed by atoms with Crippen LogP contribution >= 0.6 is 0 Å². The molecule has 0 saturated carbocycles. The average molecular weight is 281 g/mol. The van der Waals surface area contributed by atoms with Gasteiger partial charge in [-0.05, 0) is 25.1 Å². The summed E-state index contributed by atoms with van der Waals surface area (Å²) in [5.41, 5.74) is 2.25. The predicted molar refractivity (Wildman–Crippen MR) is 82.1 cm³/mol. The molecule has 0 aliphatic rings. The molecule has 0 bridgehead atoms. The molecular formula is C16H19N5. The van der Waals surface area contributed by atoms with Crippen LogP contribution < -0.4 is 5.32 Å². The fourth-order valence-corrected chi connectivity index (χ4v) is 2.22. The first-order valence-electron chi connectivity index (χ1n) is 7.11. The highest BCUT2D eigenvalue weighted by Crippen LogP contribution is 2.07. The van der Waals surface area contributed by atoms with E-state index >= 15 is 0 Å². The van der Waals surface area contributed by atoms with Crippen LogP contribution in [0.25, 0.3) is 5.69 Å². The summed E-state index contributed by atoms with van der Waals surface area (Å²) in [6.07, 6.45) is 7.74. The smallest absolute Gasteiger partial charge is 0.0645 e. The second-order valence-corrected chi connectivity index (χ2v) is 5.14. The third-order valence-electron chi connectivity index (χ3n) is 3.33. The molecule has 0 radical (unpaired) electrons. The standard InChI is InChI=1S/C16H19N5/c1-14(12-20-9-5-8-18-20)17-10-15-11-19-21(13-15)16-6-3-2-4-7-16/h2-9,11,13-14,17H,10,12H2,1H3. The number of para-hydroxylation sites is 1. The molecule has 2 heterocycles. The summed E-state index contributed by atoms with van der Waals surface area (Å²) in [7, 11) is 0. The zero-order valence-corrected chi connectivity index (χ0v) is 12.1. The van der Waals surface area contributed by atoms with E-state index in [2.05, 4.69) is 28.6 Å². The SMILES string of the molecule is CC(Cn1cccn1)NCc1cnn(-c2ccccc2)c1. The fourth-order valence-electron chi connectivity index (χ4n) is 2.22. The summed E-state index contributed by atoms with van der Waals surface area (Å²) in [6, 6.07) is 12.4. The molecule has 0 spiro atoms. The lowest BCUT2D eigenvalue weighted by atomic mass is 10.3. The minimum absolute atomic E-state index is 0.352. The molecular weight excluding hydrogens is 262 g/mol. The third-order valence-corrected chi connectivity index (χ3v) is 3.33. The summed E-state index contributed by atoms with van der Waals surface area (Å²) in [5, 5.41) is 12.1. The fraction of sp³-hybridized carbons (Fsp3) is 0.250. The Balaban J connectivity index is 1.55. The predicted octanol–water partition coefficient (Wildman–Crippen LogP) is 2.25. The van der Waals surface area contributed by atoms with Crippen LogP contribution in [0, 0.1) is 0 Å². The number of benzene rings is 1. The summed E-state index contributed by atoms with van der Waals surface area (Å²) >= 11 is 0. The molecule has 3 rings (SSSR count). The second kappa shape index (κ2) is 6.37. The van der Waals surface area contributed by atoms with Crippen LogP contribution in [-0.4, -0.2) is 25.6 Å². The van der Waals surface area contributed by atoms with Gasteiger partial charge in [0.05, 0.1) is 18.4 Å². The first-order chi connectivity index (χ1) is 10.3. The molecule has 1 unspecified atom stereocenters. The summed E-state index contributed by atoms with van der Waals surface area (Å²) < 4.78 is 3.83. The Bertz CT molecular complexity index is 657. The van der Waals surface area contributed by atoms with Crippen molar-refractivity contribution in [3.05, 3.63) is 66.7 Å². The summed E-state index contributed by atoms with van der Waals surface area (Å²) in [5.74, 6) is 0. The number of hydrogen-bond acceptors (Lipinski definition) is 3. The molecule has 1 aromatic carbocycles. The maximum Gasteiger partial charge on any atom is 0.0645 e. The molecule has 5 nitrogen and oxygen atoms in total. The number of hydrogen-bond donors (Lipinski definition) is 1. The molecule has 1 N–H and O–H groups in total. The van der Waals surface area contributed by atoms with Crippen molar-refractivity contribution in [1.82, 2.24) is 24.9 Å². The normalized spacial score (nSPS) is 12.4. The van der Waals surface area contributed by atoms with Gasteiger partial charge in [-0.1, -0.05) is 18.2 Å². The highest BCUT2D eigenvalue weighted by atomic mass is 15.3. The van der Waals surface area contributed by atoms with Gasteiger partial charge in [0.1, 0.15) is 0 Å². The quantitative estimate of drug-likeness (QED) is 0.754. The van der Waals surface area contributed by atoms with Gasteiger partial charge in [-0.25, -0.2) is 4.68 Å². The first kappa shape index (κ1) is 13.6. The van der Waals surface area contributed by atoms with Gasteiger partial charge in [0.25, 0.3) is 0 Å². The third kappa shape index (κ3) is 3.58. The number of nitrogens with zero attached hydrogens (tertiary/aromatic N) is 4. The van der Waals surface area contributed by atoms with E-state index < -0.39 is 0 Å². The Morgan fingerprint density at radius 1 is 1.14 bits per heavy atom. The van der Waals surface area contributed by atoms with Gasteiger partial charge < -0.3 is 5.32 Å². The van der Waals surface area contributed by atoms with Gasteiger partial charge in [0.2, 0.25) is 0 Å². The van der Waals surface area contributed by atoms with E-state index in [1.54, 1.807) is 6.20 Å². The Morgan fingerprint density at radius 3 is 2.76 bits per heavy atom. The lowest BCUT2D eigenvalue weighted by molar-refractivity contribution is 0.451. The van der Waals surface area contributed by atoms with Crippen molar-refractivity contribution in [2.45, 2.75) is 26.1 Å². The number of nitrogens with one attached hydrogen (secondary N) is 1. The molecule has 3 aromatic rings. The van der Waals surface area contributed by atoms with Crippen LogP contribution in [-0.2, 0) is 13.1 Å². The lowest BCUT2D eigenvalue weighted by Gasteiger charge is -2.12. The largest absolute Gasteiger partial charge is 0.308 e. The molecule has 0 aliphatic heterocycles. The Kier molecular flexibility index (Phi) is 4.12. The maximum absolute atomic E-state index is 4.40. The second-order valence-electron chi connectivity index (χ2n) is 5.14. The molecule has 0 amide bonds. The highest BCUT2D eigenvalue weighted by Gasteiger charge is 2.05. The van der Waals surface area contributed by atoms with E-state index in [1.807, 2.05) is 58.2 Å². The van der Waals surface area contributed by atoms with Crippen LogP contribution in [0.3, 0.4) is 0 Å². The van der Waals surface area contributed by atoms with Gasteiger partial charge in [-0.15, -0.1) is 0 Å². The van der Waals surface area contributed by atoms with E-state index in [0.29, 0.717) is 6.04 Å². The number of rotatable bonds is 6. The average Bonchev–Trinajstić information content (AvgIpc) is 3.17. The van der Waals surface area contributed by atoms with Crippen LogP contribution in [0.15, 0.2) is 61.2 Å². The van der Waals surface area contributed by atoms with Gasteiger partial charge in [-0.2, -0.15) is 10.2 Å². The molecule has 2 aromatic heterocycles. The lowest BCUT2D eigenvalue weighted by Crippen LogP contribution is -2.30. The minimum atomic E-state index is 0.352. The molecule has 1 atom stereocenters.